The second-order valence-corrected chi connectivity index (χ2v) is 4.83. The topological polar surface area (TPSA) is 38.7 Å². The molecule has 0 radical (unpaired) electrons. The van der Waals surface area contributed by atoms with Gasteiger partial charge in [0.05, 0.1) is 6.54 Å². The van der Waals surface area contributed by atoms with Crippen LogP contribution < -0.4 is 0 Å². The van der Waals surface area contributed by atoms with Gasteiger partial charge in [0.2, 0.25) is 6.08 Å². The van der Waals surface area contributed by atoms with Gasteiger partial charge < -0.3 is 4.43 Å². The van der Waals surface area contributed by atoms with Crippen LogP contribution in [0.3, 0.4) is 0 Å². The summed E-state index contributed by atoms with van der Waals surface area (Å²) in [5.74, 6) is 0. The Morgan fingerprint density at radius 3 is 2.09 bits per heavy atom. The standard InChI is InChI=1S/C4H7NO.C3H10OSi/c1-2-3-5-4-6;1-4-5(2)3/h2-3H2,1H3;5H,1-3H3. The fourth-order valence-electron chi connectivity index (χ4n) is 0.157. The molecule has 0 N–H and O–H groups in total. The zero-order valence-corrected chi connectivity index (χ0v) is 8.91. The Labute approximate surface area is 70.2 Å². The van der Waals surface area contributed by atoms with Crippen molar-refractivity contribution in [1.29, 1.82) is 0 Å². The number of nitrogens with zero attached hydrogens (tertiary/aromatic N) is 1. The molecule has 0 heterocycles. The molecule has 0 aliphatic rings. The molecule has 0 spiro atoms. The highest BCUT2D eigenvalue weighted by Gasteiger charge is 1.83. The molecular weight excluding hydrogens is 158 g/mol. The lowest BCUT2D eigenvalue weighted by Gasteiger charge is -1.92. The molecule has 0 fully saturated rings. The Hall–Kier alpha value is -0.443. The Kier molecular flexibility index (Phi) is 14.7. The molecule has 0 atom stereocenters. The SMILES string of the molecule is CCCN=C=O.CO[SiH](C)C. The highest BCUT2D eigenvalue weighted by atomic mass is 28.3. The van der Waals surface area contributed by atoms with Crippen molar-refractivity contribution in [3.63, 3.8) is 0 Å². The minimum absolute atomic E-state index is 0.615. The molecule has 0 unspecified atom stereocenters. The predicted molar refractivity (Wildman–Crippen MR) is 49.2 cm³/mol. The fourth-order valence-corrected chi connectivity index (χ4v) is 0.157. The molecule has 11 heavy (non-hydrogen) atoms. The van der Waals surface area contributed by atoms with E-state index in [4.69, 9.17) is 4.43 Å². The maximum atomic E-state index is 9.27. The van der Waals surface area contributed by atoms with Crippen molar-refractivity contribution in [1.82, 2.24) is 0 Å². The average molecular weight is 175 g/mol. The molecule has 0 aromatic rings. The zero-order valence-electron chi connectivity index (χ0n) is 7.76. The Morgan fingerprint density at radius 1 is 1.55 bits per heavy atom. The van der Waals surface area contributed by atoms with Crippen molar-refractivity contribution in [2.24, 2.45) is 4.99 Å². The number of aliphatic imine (C=N–C) groups is 1. The lowest BCUT2D eigenvalue weighted by atomic mass is 10.5. The number of hydrogen-bond acceptors (Lipinski definition) is 3. The molecule has 0 aromatic heterocycles. The lowest BCUT2D eigenvalue weighted by molar-refractivity contribution is 0.430. The van der Waals surface area contributed by atoms with Gasteiger partial charge in [-0.2, -0.15) is 0 Å². The van der Waals surface area contributed by atoms with Crippen LogP contribution in [-0.4, -0.2) is 28.8 Å². The first-order valence-corrected chi connectivity index (χ1v) is 6.53. The van der Waals surface area contributed by atoms with Gasteiger partial charge in [-0.05, 0) is 19.5 Å². The normalized spacial score (nSPS) is 8.09. The summed E-state index contributed by atoms with van der Waals surface area (Å²) in [6.07, 6.45) is 2.37. The first-order valence-electron chi connectivity index (χ1n) is 3.75. The van der Waals surface area contributed by atoms with E-state index in [1.165, 1.54) is 6.08 Å². The van der Waals surface area contributed by atoms with Gasteiger partial charge >= 0.3 is 0 Å². The van der Waals surface area contributed by atoms with Gasteiger partial charge in [0.15, 0.2) is 9.04 Å². The maximum Gasteiger partial charge on any atom is 0.234 e. The van der Waals surface area contributed by atoms with E-state index >= 15 is 0 Å². The molecule has 0 aliphatic carbocycles. The van der Waals surface area contributed by atoms with Crippen LogP contribution in [0, 0.1) is 0 Å². The van der Waals surface area contributed by atoms with Gasteiger partial charge in [0.1, 0.15) is 0 Å². The van der Waals surface area contributed by atoms with E-state index in [1.807, 2.05) is 6.92 Å². The van der Waals surface area contributed by atoms with Crippen molar-refractivity contribution in [2.45, 2.75) is 26.4 Å². The van der Waals surface area contributed by atoms with Crippen molar-refractivity contribution < 1.29 is 9.22 Å². The third-order valence-corrected chi connectivity index (χ3v) is 1.81. The highest BCUT2D eigenvalue weighted by Crippen LogP contribution is 1.73. The number of carbonyl (C=O) groups excluding carboxylic acids is 1. The summed E-state index contributed by atoms with van der Waals surface area (Å²) in [6, 6.07) is 0. The minimum Gasteiger partial charge on any atom is -0.424 e. The van der Waals surface area contributed by atoms with Crippen LogP contribution >= 0.6 is 0 Å². The quantitative estimate of drug-likeness (QED) is 0.369. The van der Waals surface area contributed by atoms with Crippen LogP contribution in [0.5, 0.6) is 0 Å². The summed E-state index contributed by atoms with van der Waals surface area (Å²) in [5, 5.41) is 0. The molecule has 0 rings (SSSR count). The van der Waals surface area contributed by atoms with Gasteiger partial charge in [-0.3, -0.25) is 0 Å². The van der Waals surface area contributed by atoms with Gasteiger partial charge in [-0.1, -0.05) is 6.92 Å². The molecule has 66 valence electrons. The highest BCUT2D eigenvalue weighted by molar-refractivity contribution is 6.48. The van der Waals surface area contributed by atoms with Crippen LogP contribution in [-0.2, 0) is 9.22 Å². The number of isocyanates is 1. The van der Waals surface area contributed by atoms with Crippen LogP contribution in [0.15, 0.2) is 4.99 Å². The van der Waals surface area contributed by atoms with E-state index in [0.29, 0.717) is 6.54 Å². The molecule has 0 amide bonds. The summed E-state index contributed by atoms with van der Waals surface area (Å²) in [7, 11) is 1.11. The van der Waals surface area contributed by atoms with Crippen molar-refractivity contribution >= 4 is 15.1 Å². The van der Waals surface area contributed by atoms with E-state index in [-0.39, 0.29) is 0 Å². The molecule has 0 aliphatic heterocycles. The second kappa shape index (κ2) is 12.3. The lowest BCUT2D eigenvalue weighted by Crippen LogP contribution is -2.00. The van der Waals surface area contributed by atoms with E-state index < -0.39 is 9.04 Å². The zero-order chi connectivity index (χ0) is 9.11. The predicted octanol–water partition coefficient (Wildman–Crippen LogP) is 1.35. The molecule has 0 saturated carbocycles. The molecule has 4 heteroatoms. The summed E-state index contributed by atoms with van der Waals surface area (Å²) in [6.45, 7) is 6.85. The second-order valence-electron chi connectivity index (χ2n) is 2.26. The summed E-state index contributed by atoms with van der Waals surface area (Å²) in [5.41, 5.74) is 0. The average Bonchev–Trinajstić information content (AvgIpc) is 2.02. The number of rotatable bonds is 3. The maximum absolute atomic E-state index is 9.27. The van der Waals surface area contributed by atoms with Gasteiger partial charge in [-0.25, -0.2) is 9.79 Å². The van der Waals surface area contributed by atoms with E-state index in [2.05, 4.69) is 18.1 Å². The van der Waals surface area contributed by atoms with Gasteiger partial charge in [0.25, 0.3) is 0 Å². The monoisotopic (exact) mass is 175 g/mol. The largest absolute Gasteiger partial charge is 0.424 e. The van der Waals surface area contributed by atoms with E-state index in [1.54, 1.807) is 7.11 Å². The molecule has 0 aromatic carbocycles. The summed E-state index contributed by atoms with van der Waals surface area (Å²) < 4.78 is 4.89. The van der Waals surface area contributed by atoms with E-state index in [9.17, 15) is 4.79 Å². The minimum atomic E-state index is -0.650. The third-order valence-electron chi connectivity index (χ3n) is 0.871. The smallest absolute Gasteiger partial charge is 0.234 e. The van der Waals surface area contributed by atoms with Crippen LogP contribution in [0.25, 0.3) is 0 Å². The fraction of sp³-hybridized carbons (Fsp3) is 0.857. The molecule has 3 nitrogen and oxygen atoms in total. The summed E-state index contributed by atoms with van der Waals surface area (Å²) >= 11 is 0. The Morgan fingerprint density at radius 2 is 2.00 bits per heavy atom. The first kappa shape index (κ1) is 13.2. The van der Waals surface area contributed by atoms with Crippen molar-refractivity contribution in [3.05, 3.63) is 0 Å². The van der Waals surface area contributed by atoms with Crippen molar-refractivity contribution in [3.8, 4) is 0 Å². The molecule has 0 saturated heterocycles. The first-order chi connectivity index (χ1) is 5.18. The molecular formula is C7H17NO2Si. The van der Waals surface area contributed by atoms with Gasteiger partial charge in [-0.15, -0.1) is 0 Å². The van der Waals surface area contributed by atoms with Crippen LogP contribution in [0.1, 0.15) is 13.3 Å². The van der Waals surface area contributed by atoms with Crippen molar-refractivity contribution in [2.75, 3.05) is 13.7 Å². The Balaban J connectivity index is 0. The third kappa shape index (κ3) is 26.3. The molecule has 0 bridgehead atoms. The van der Waals surface area contributed by atoms with E-state index in [0.717, 1.165) is 6.42 Å². The van der Waals surface area contributed by atoms with Crippen LogP contribution in [0.2, 0.25) is 13.1 Å². The van der Waals surface area contributed by atoms with Crippen LogP contribution in [0.4, 0.5) is 0 Å². The summed E-state index contributed by atoms with van der Waals surface area (Å²) in [4.78, 5) is 12.6. The van der Waals surface area contributed by atoms with Gasteiger partial charge in [0, 0.05) is 7.11 Å². The Bertz CT molecular complexity index is 111. The number of hydrogen-bond donors (Lipinski definition) is 0.